The van der Waals surface area contributed by atoms with Gasteiger partial charge in [0.05, 0.1) is 6.04 Å². The number of carbonyl (C=O) groups excluding carboxylic acids is 2. The topological polar surface area (TPSA) is 49.4 Å². The molecule has 0 fully saturated rings. The number of hydrogen-bond donors (Lipinski definition) is 1. The summed E-state index contributed by atoms with van der Waals surface area (Å²) in [5.74, 6) is -0.196. The Morgan fingerprint density at radius 3 is 1.97 bits per heavy atom. The number of carbonyl (C=O) groups is 2. The molecule has 0 spiro atoms. The minimum absolute atomic E-state index is 0.0408. The molecule has 0 aliphatic heterocycles. The molecule has 0 heterocycles. The van der Waals surface area contributed by atoms with E-state index < -0.39 is 0 Å². The van der Waals surface area contributed by atoms with Gasteiger partial charge in [-0.15, -0.1) is 0 Å². The van der Waals surface area contributed by atoms with Crippen LogP contribution in [0.2, 0.25) is 0 Å². The van der Waals surface area contributed by atoms with Crippen molar-refractivity contribution in [1.29, 1.82) is 0 Å². The summed E-state index contributed by atoms with van der Waals surface area (Å²) >= 11 is 0. The van der Waals surface area contributed by atoms with Crippen LogP contribution in [-0.4, -0.2) is 23.3 Å². The van der Waals surface area contributed by atoms with Crippen LogP contribution in [-0.2, 0) is 6.54 Å². The molecule has 1 N–H and O–H groups in total. The van der Waals surface area contributed by atoms with E-state index in [4.69, 9.17) is 0 Å². The predicted octanol–water partition coefficient (Wildman–Crippen LogP) is 4.84. The monoisotopic (exact) mass is 386 g/mol. The first-order valence-electron chi connectivity index (χ1n) is 9.87. The lowest BCUT2D eigenvalue weighted by Gasteiger charge is -2.21. The molecular weight excluding hydrogens is 360 g/mol. The fourth-order valence-corrected chi connectivity index (χ4v) is 3.18. The van der Waals surface area contributed by atoms with Gasteiger partial charge < -0.3 is 10.2 Å². The van der Waals surface area contributed by atoms with Crippen molar-refractivity contribution in [3.63, 3.8) is 0 Å². The summed E-state index contributed by atoms with van der Waals surface area (Å²) in [5.41, 5.74) is 3.26. The number of nitrogens with zero attached hydrogens (tertiary/aromatic N) is 1. The molecule has 4 nitrogen and oxygen atoms in total. The normalized spacial score (nSPS) is 11.5. The maximum absolute atomic E-state index is 12.8. The van der Waals surface area contributed by atoms with Gasteiger partial charge in [0.15, 0.2) is 0 Å². The zero-order valence-corrected chi connectivity index (χ0v) is 16.8. The Hall–Kier alpha value is -3.40. The van der Waals surface area contributed by atoms with E-state index >= 15 is 0 Å². The van der Waals surface area contributed by atoms with Crippen LogP contribution in [0.5, 0.6) is 0 Å². The lowest BCUT2D eigenvalue weighted by molar-refractivity contribution is 0.0752. The Bertz CT molecular complexity index is 938. The van der Waals surface area contributed by atoms with Crippen molar-refractivity contribution in [2.45, 2.75) is 26.4 Å². The van der Waals surface area contributed by atoms with Crippen LogP contribution in [0.4, 0.5) is 0 Å². The summed E-state index contributed by atoms with van der Waals surface area (Å²) < 4.78 is 0. The highest BCUT2D eigenvalue weighted by atomic mass is 16.2. The highest BCUT2D eigenvalue weighted by Crippen LogP contribution is 2.14. The molecule has 1 unspecified atom stereocenters. The van der Waals surface area contributed by atoms with E-state index in [1.165, 1.54) is 0 Å². The lowest BCUT2D eigenvalue weighted by atomic mass is 10.1. The first kappa shape index (κ1) is 20.3. The standard InChI is InChI=1S/C25H26N2O2/c1-3-27(18-20-10-6-4-7-11-20)25(29)23-16-14-22(15-17-23)24(28)26-19(2)21-12-8-5-9-13-21/h4-17,19H,3,18H2,1-2H3,(H,26,28). The quantitative estimate of drug-likeness (QED) is 0.632. The average molecular weight is 386 g/mol. The highest BCUT2D eigenvalue weighted by molar-refractivity contribution is 5.98. The van der Waals surface area contributed by atoms with Crippen molar-refractivity contribution in [3.05, 3.63) is 107 Å². The van der Waals surface area contributed by atoms with Crippen LogP contribution in [0.25, 0.3) is 0 Å². The minimum atomic E-state index is -0.156. The molecule has 3 rings (SSSR count). The molecule has 4 heteroatoms. The molecule has 148 valence electrons. The van der Waals surface area contributed by atoms with Crippen molar-refractivity contribution in [2.24, 2.45) is 0 Å². The Kier molecular flexibility index (Phi) is 6.80. The summed E-state index contributed by atoms with van der Waals surface area (Å²) in [6, 6.07) is 26.5. The summed E-state index contributed by atoms with van der Waals surface area (Å²) in [5, 5.41) is 2.99. The molecule has 0 bridgehead atoms. The van der Waals surface area contributed by atoms with Crippen LogP contribution in [0, 0.1) is 0 Å². The van der Waals surface area contributed by atoms with Crippen molar-refractivity contribution < 1.29 is 9.59 Å². The number of benzene rings is 3. The number of nitrogens with one attached hydrogen (secondary N) is 1. The summed E-state index contributed by atoms with van der Waals surface area (Å²) in [6.07, 6.45) is 0. The third-order valence-electron chi connectivity index (χ3n) is 4.93. The molecule has 0 radical (unpaired) electrons. The van der Waals surface area contributed by atoms with E-state index in [1.54, 1.807) is 29.2 Å². The third kappa shape index (κ3) is 5.32. The molecule has 1 atom stereocenters. The van der Waals surface area contributed by atoms with Gasteiger partial charge in [0, 0.05) is 24.2 Å². The molecule has 0 saturated carbocycles. The number of rotatable bonds is 7. The molecule has 0 aliphatic carbocycles. The van der Waals surface area contributed by atoms with Crippen LogP contribution >= 0.6 is 0 Å². The predicted molar refractivity (Wildman–Crippen MR) is 116 cm³/mol. The summed E-state index contributed by atoms with van der Waals surface area (Å²) in [7, 11) is 0. The van der Waals surface area contributed by atoms with E-state index in [0.29, 0.717) is 24.2 Å². The molecule has 0 saturated heterocycles. The highest BCUT2D eigenvalue weighted by Gasteiger charge is 2.16. The third-order valence-corrected chi connectivity index (χ3v) is 4.93. The smallest absolute Gasteiger partial charge is 0.254 e. The SMILES string of the molecule is CCN(Cc1ccccc1)C(=O)c1ccc(C(=O)NC(C)c2ccccc2)cc1. The van der Waals surface area contributed by atoms with Crippen LogP contribution in [0.1, 0.15) is 51.7 Å². The Balaban J connectivity index is 1.65. The zero-order chi connectivity index (χ0) is 20.6. The molecule has 0 aliphatic rings. The van der Waals surface area contributed by atoms with Gasteiger partial charge in [0.1, 0.15) is 0 Å². The van der Waals surface area contributed by atoms with Crippen LogP contribution in [0.3, 0.4) is 0 Å². The van der Waals surface area contributed by atoms with Gasteiger partial charge in [-0.3, -0.25) is 9.59 Å². The number of amides is 2. The molecule has 2 amide bonds. The maximum atomic E-state index is 12.8. The van der Waals surface area contributed by atoms with E-state index in [1.807, 2.05) is 74.5 Å². The fraction of sp³-hybridized carbons (Fsp3) is 0.200. The van der Waals surface area contributed by atoms with E-state index in [0.717, 1.165) is 11.1 Å². The van der Waals surface area contributed by atoms with E-state index in [2.05, 4.69) is 5.32 Å². The molecule has 29 heavy (non-hydrogen) atoms. The van der Waals surface area contributed by atoms with Crippen LogP contribution < -0.4 is 5.32 Å². The second kappa shape index (κ2) is 9.69. The average Bonchev–Trinajstić information content (AvgIpc) is 2.78. The Morgan fingerprint density at radius 2 is 1.38 bits per heavy atom. The van der Waals surface area contributed by atoms with E-state index in [-0.39, 0.29) is 17.9 Å². The maximum Gasteiger partial charge on any atom is 0.254 e. The van der Waals surface area contributed by atoms with Crippen molar-refractivity contribution >= 4 is 11.8 Å². The van der Waals surface area contributed by atoms with Crippen molar-refractivity contribution in [1.82, 2.24) is 10.2 Å². The van der Waals surface area contributed by atoms with Gasteiger partial charge in [0.25, 0.3) is 11.8 Å². The summed E-state index contributed by atoms with van der Waals surface area (Å²) in [4.78, 5) is 27.2. The van der Waals surface area contributed by atoms with Gasteiger partial charge in [-0.05, 0) is 49.2 Å². The van der Waals surface area contributed by atoms with E-state index in [9.17, 15) is 9.59 Å². The van der Waals surface area contributed by atoms with Gasteiger partial charge in [0.2, 0.25) is 0 Å². The molecule has 3 aromatic rings. The second-order valence-electron chi connectivity index (χ2n) is 6.99. The van der Waals surface area contributed by atoms with Gasteiger partial charge in [-0.1, -0.05) is 60.7 Å². The molecule has 3 aromatic carbocycles. The van der Waals surface area contributed by atoms with Crippen molar-refractivity contribution in [3.8, 4) is 0 Å². The van der Waals surface area contributed by atoms with Crippen LogP contribution in [0.15, 0.2) is 84.9 Å². The van der Waals surface area contributed by atoms with Gasteiger partial charge in [-0.2, -0.15) is 0 Å². The molecule has 0 aromatic heterocycles. The zero-order valence-electron chi connectivity index (χ0n) is 16.8. The largest absolute Gasteiger partial charge is 0.346 e. The summed E-state index contributed by atoms with van der Waals surface area (Å²) in [6.45, 7) is 5.10. The Labute approximate surface area is 172 Å². The molecular formula is C25H26N2O2. The first-order valence-corrected chi connectivity index (χ1v) is 9.87. The van der Waals surface area contributed by atoms with Crippen molar-refractivity contribution in [2.75, 3.05) is 6.54 Å². The first-order chi connectivity index (χ1) is 14.1. The lowest BCUT2D eigenvalue weighted by Crippen LogP contribution is -2.30. The second-order valence-corrected chi connectivity index (χ2v) is 6.99. The van der Waals surface area contributed by atoms with Gasteiger partial charge >= 0.3 is 0 Å². The fourth-order valence-electron chi connectivity index (χ4n) is 3.18. The number of hydrogen-bond acceptors (Lipinski definition) is 2. The Morgan fingerprint density at radius 1 is 0.828 bits per heavy atom. The van der Waals surface area contributed by atoms with Gasteiger partial charge in [-0.25, -0.2) is 0 Å². The minimum Gasteiger partial charge on any atom is -0.346 e.